The number of amides is 2. The van der Waals surface area contributed by atoms with Crippen LogP contribution in [-0.2, 0) is 22.4 Å². The summed E-state index contributed by atoms with van der Waals surface area (Å²) in [5, 5.41) is 5.44. The van der Waals surface area contributed by atoms with E-state index < -0.39 is 0 Å². The standard InChI is InChI=1S/C22H22FN3O3/c1-15-19(26-22(29-15)17-7-3-2-4-8-17)14-21(28)25-11-10-24-20(27)13-16-6-5-9-18(23)12-16/h2-9,12H,10-11,13-14H2,1H3,(H,24,27)(H,25,28). The highest BCUT2D eigenvalue weighted by Gasteiger charge is 2.14. The van der Waals surface area contributed by atoms with Crippen molar-refractivity contribution in [3.05, 3.63) is 77.4 Å². The zero-order chi connectivity index (χ0) is 20.6. The van der Waals surface area contributed by atoms with Gasteiger partial charge in [0, 0.05) is 18.7 Å². The first-order valence-corrected chi connectivity index (χ1v) is 9.31. The van der Waals surface area contributed by atoms with E-state index in [9.17, 15) is 14.0 Å². The van der Waals surface area contributed by atoms with Gasteiger partial charge in [0.2, 0.25) is 17.7 Å². The topological polar surface area (TPSA) is 84.2 Å². The van der Waals surface area contributed by atoms with Crippen molar-refractivity contribution < 1.29 is 18.4 Å². The summed E-state index contributed by atoms with van der Waals surface area (Å²) in [5.74, 6) is 0.268. The first-order valence-electron chi connectivity index (χ1n) is 9.31. The molecule has 0 aliphatic heterocycles. The van der Waals surface area contributed by atoms with Crippen LogP contribution in [0.1, 0.15) is 17.0 Å². The maximum Gasteiger partial charge on any atom is 0.226 e. The molecule has 0 radical (unpaired) electrons. The van der Waals surface area contributed by atoms with E-state index in [-0.39, 0.29) is 43.6 Å². The Morgan fingerprint density at radius 3 is 2.34 bits per heavy atom. The second-order valence-electron chi connectivity index (χ2n) is 6.57. The zero-order valence-electron chi connectivity index (χ0n) is 16.1. The second kappa shape index (κ2) is 9.64. The van der Waals surface area contributed by atoms with Crippen molar-refractivity contribution in [3.63, 3.8) is 0 Å². The molecule has 3 rings (SSSR count). The first-order chi connectivity index (χ1) is 14.0. The molecule has 0 saturated carbocycles. The molecule has 7 heteroatoms. The minimum Gasteiger partial charge on any atom is -0.441 e. The van der Waals surface area contributed by atoms with Crippen molar-refractivity contribution in [1.82, 2.24) is 15.6 Å². The molecule has 0 spiro atoms. The summed E-state index contributed by atoms with van der Waals surface area (Å²) in [5.41, 5.74) is 2.03. The van der Waals surface area contributed by atoms with E-state index in [2.05, 4.69) is 15.6 Å². The molecule has 0 aliphatic carbocycles. The normalized spacial score (nSPS) is 10.6. The quantitative estimate of drug-likeness (QED) is 0.575. The SMILES string of the molecule is Cc1oc(-c2ccccc2)nc1CC(=O)NCCNC(=O)Cc1cccc(F)c1. The van der Waals surface area contributed by atoms with Gasteiger partial charge in [0.15, 0.2) is 0 Å². The first kappa shape index (κ1) is 20.3. The predicted molar refractivity (Wildman–Crippen MR) is 107 cm³/mol. The summed E-state index contributed by atoms with van der Waals surface area (Å²) in [7, 11) is 0. The van der Waals surface area contributed by atoms with Crippen molar-refractivity contribution in [2.45, 2.75) is 19.8 Å². The Kier molecular flexibility index (Phi) is 6.73. The second-order valence-corrected chi connectivity index (χ2v) is 6.57. The summed E-state index contributed by atoms with van der Waals surface area (Å²) >= 11 is 0. The van der Waals surface area contributed by atoms with Crippen LogP contribution in [-0.4, -0.2) is 29.9 Å². The van der Waals surface area contributed by atoms with E-state index in [0.717, 1.165) is 5.56 Å². The van der Waals surface area contributed by atoms with Crippen LogP contribution in [0.3, 0.4) is 0 Å². The third-order valence-electron chi connectivity index (χ3n) is 4.26. The highest BCUT2D eigenvalue weighted by atomic mass is 19.1. The summed E-state index contributed by atoms with van der Waals surface area (Å²) in [4.78, 5) is 28.4. The lowest BCUT2D eigenvalue weighted by molar-refractivity contribution is -0.122. The van der Waals surface area contributed by atoms with E-state index in [1.54, 1.807) is 19.1 Å². The minimum atomic E-state index is -0.374. The highest BCUT2D eigenvalue weighted by Crippen LogP contribution is 2.21. The van der Waals surface area contributed by atoms with Gasteiger partial charge in [0.05, 0.1) is 18.5 Å². The smallest absolute Gasteiger partial charge is 0.226 e. The van der Waals surface area contributed by atoms with Gasteiger partial charge in [-0.2, -0.15) is 0 Å². The van der Waals surface area contributed by atoms with Crippen LogP contribution >= 0.6 is 0 Å². The maximum atomic E-state index is 13.1. The van der Waals surface area contributed by atoms with Gasteiger partial charge in [-0.3, -0.25) is 9.59 Å². The summed E-state index contributed by atoms with van der Waals surface area (Å²) < 4.78 is 18.8. The Balaban J connectivity index is 1.41. The number of rotatable bonds is 8. The van der Waals surface area contributed by atoms with E-state index in [0.29, 0.717) is 22.9 Å². The molecule has 1 aromatic heterocycles. The minimum absolute atomic E-state index is 0.0894. The number of oxazole rings is 1. The molecule has 2 aromatic carbocycles. The molecule has 1 heterocycles. The fraction of sp³-hybridized carbons (Fsp3) is 0.227. The third-order valence-corrected chi connectivity index (χ3v) is 4.26. The average Bonchev–Trinajstić information content (AvgIpc) is 3.06. The number of carbonyl (C=O) groups is 2. The molecule has 0 saturated heterocycles. The molecule has 6 nitrogen and oxygen atoms in total. The lowest BCUT2D eigenvalue weighted by atomic mass is 10.1. The van der Waals surface area contributed by atoms with Crippen molar-refractivity contribution >= 4 is 11.8 Å². The third kappa shape index (κ3) is 6.00. The Labute approximate surface area is 168 Å². The number of nitrogens with one attached hydrogen (secondary N) is 2. The molecular formula is C22H22FN3O3. The van der Waals surface area contributed by atoms with Crippen LogP contribution in [0.25, 0.3) is 11.5 Å². The molecule has 3 aromatic rings. The van der Waals surface area contributed by atoms with Crippen molar-refractivity contribution in [2.75, 3.05) is 13.1 Å². The van der Waals surface area contributed by atoms with Gasteiger partial charge in [-0.25, -0.2) is 9.37 Å². The predicted octanol–water partition coefficient (Wildman–Crippen LogP) is 2.81. The van der Waals surface area contributed by atoms with Crippen LogP contribution in [0, 0.1) is 12.7 Å². The Morgan fingerprint density at radius 1 is 0.966 bits per heavy atom. The fourth-order valence-corrected chi connectivity index (χ4v) is 2.81. The number of aryl methyl sites for hydroxylation is 1. The van der Waals surface area contributed by atoms with Gasteiger partial charge in [-0.15, -0.1) is 0 Å². The molecule has 0 aliphatic rings. The number of aromatic nitrogens is 1. The molecule has 2 N–H and O–H groups in total. The molecule has 0 bridgehead atoms. The lowest BCUT2D eigenvalue weighted by Crippen LogP contribution is -2.36. The number of benzene rings is 2. The summed E-state index contributed by atoms with van der Waals surface area (Å²) in [6.07, 6.45) is 0.186. The van der Waals surface area contributed by atoms with Crippen LogP contribution in [0.2, 0.25) is 0 Å². The van der Waals surface area contributed by atoms with Crippen molar-refractivity contribution in [1.29, 1.82) is 0 Å². The monoisotopic (exact) mass is 395 g/mol. The Bertz CT molecular complexity index is 986. The molecule has 0 unspecified atom stereocenters. The van der Waals surface area contributed by atoms with E-state index in [4.69, 9.17) is 4.42 Å². The Hall–Kier alpha value is -3.48. The highest BCUT2D eigenvalue weighted by molar-refractivity contribution is 5.79. The number of hydrogen-bond donors (Lipinski definition) is 2. The molecule has 0 atom stereocenters. The Morgan fingerprint density at radius 2 is 1.66 bits per heavy atom. The van der Waals surface area contributed by atoms with Crippen LogP contribution in [0.5, 0.6) is 0 Å². The average molecular weight is 395 g/mol. The molecule has 0 fully saturated rings. The van der Waals surface area contributed by atoms with Gasteiger partial charge in [0.1, 0.15) is 11.6 Å². The summed E-state index contributed by atoms with van der Waals surface area (Å²) in [6, 6.07) is 15.4. The van der Waals surface area contributed by atoms with Gasteiger partial charge >= 0.3 is 0 Å². The van der Waals surface area contributed by atoms with Gasteiger partial charge < -0.3 is 15.1 Å². The van der Waals surface area contributed by atoms with Crippen molar-refractivity contribution in [3.8, 4) is 11.5 Å². The fourth-order valence-electron chi connectivity index (χ4n) is 2.81. The molecule has 29 heavy (non-hydrogen) atoms. The van der Waals surface area contributed by atoms with E-state index in [1.165, 1.54) is 12.1 Å². The van der Waals surface area contributed by atoms with Gasteiger partial charge in [-0.05, 0) is 36.8 Å². The molecule has 2 amide bonds. The number of halogens is 1. The van der Waals surface area contributed by atoms with Gasteiger partial charge in [-0.1, -0.05) is 30.3 Å². The maximum absolute atomic E-state index is 13.1. The zero-order valence-corrected chi connectivity index (χ0v) is 16.1. The van der Waals surface area contributed by atoms with Crippen molar-refractivity contribution in [2.24, 2.45) is 0 Å². The van der Waals surface area contributed by atoms with Gasteiger partial charge in [0.25, 0.3) is 0 Å². The van der Waals surface area contributed by atoms with E-state index >= 15 is 0 Å². The number of hydrogen-bond acceptors (Lipinski definition) is 4. The van der Waals surface area contributed by atoms with Crippen LogP contribution < -0.4 is 10.6 Å². The number of carbonyl (C=O) groups excluding carboxylic acids is 2. The number of nitrogens with zero attached hydrogens (tertiary/aromatic N) is 1. The van der Waals surface area contributed by atoms with Crippen LogP contribution in [0.4, 0.5) is 4.39 Å². The lowest BCUT2D eigenvalue weighted by Gasteiger charge is -2.07. The largest absolute Gasteiger partial charge is 0.441 e. The summed E-state index contributed by atoms with van der Waals surface area (Å²) in [6.45, 7) is 2.35. The molecular weight excluding hydrogens is 373 g/mol. The van der Waals surface area contributed by atoms with Crippen LogP contribution in [0.15, 0.2) is 59.0 Å². The molecule has 150 valence electrons. The van der Waals surface area contributed by atoms with E-state index in [1.807, 2.05) is 30.3 Å².